The van der Waals surface area contributed by atoms with Crippen LogP contribution in [0.25, 0.3) is 0 Å². The van der Waals surface area contributed by atoms with Crippen molar-refractivity contribution in [2.75, 3.05) is 19.7 Å². The molecule has 1 aromatic rings. The lowest BCUT2D eigenvalue weighted by atomic mass is 10.1. The maximum Gasteiger partial charge on any atom is 0.260 e. The van der Waals surface area contributed by atoms with E-state index in [1.165, 1.54) is 12.0 Å². The van der Waals surface area contributed by atoms with Crippen LogP contribution in [0.15, 0.2) is 24.3 Å². The lowest BCUT2D eigenvalue weighted by Crippen LogP contribution is -2.38. The van der Waals surface area contributed by atoms with Gasteiger partial charge in [0, 0.05) is 13.1 Å². The molecule has 0 spiro atoms. The summed E-state index contributed by atoms with van der Waals surface area (Å²) in [5.74, 6) is 0.867. The van der Waals surface area contributed by atoms with Crippen molar-refractivity contribution in [1.82, 2.24) is 4.90 Å². The molecule has 1 heterocycles. The summed E-state index contributed by atoms with van der Waals surface area (Å²) in [5, 5.41) is 0. The Morgan fingerprint density at radius 1 is 1.18 bits per heavy atom. The summed E-state index contributed by atoms with van der Waals surface area (Å²) in [7, 11) is 0. The average Bonchev–Trinajstić information content (AvgIpc) is 2.39. The highest BCUT2D eigenvalue weighted by Gasteiger charge is 2.16. The van der Waals surface area contributed by atoms with Gasteiger partial charge < -0.3 is 9.64 Å². The topological polar surface area (TPSA) is 29.5 Å². The first-order valence-corrected chi connectivity index (χ1v) is 6.23. The van der Waals surface area contributed by atoms with Crippen LogP contribution in [0.3, 0.4) is 0 Å². The number of aryl methyl sites for hydroxylation is 1. The van der Waals surface area contributed by atoms with Gasteiger partial charge >= 0.3 is 0 Å². The number of rotatable bonds is 3. The molecule has 1 amide bonds. The number of nitrogens with zero attached hydrogens (tertiary/aromatic N) is 1. The predicted molar refractivity (Wildman–Crippen MR) is 67.1 cm³/mol. The van der Waals surface area contributed by atoms with E-state index in [1.807, 2.05) is 36.1 Å². The van der Waals surface area contributed by atoms with Crippen LogP contribution in [-0.2, 0) is 4.79 Å². The molecule has 3 nitrogen and oxygen atoms in total. The van der Waals surface area contributed by atoms with Crippen molar-refractivity contribution in [2.45, 2.75) is 26.2 Å². The van der Waals surface area contributed by atoms with E-state index in [9.17, 15) is 4.79 Å². The molecule has 0 unspecified atom stereocenters. The van der Waals surface area contributed by atoms with E-state index >= 15 is 0 Å². The first kappa shape index (κ1) is 12.0. The second-order valence-electron chi connectivity index (χ2n) is 4.54. The van der Waals surface area contributed by atoms with Gasteiger partial charge in [0.25, 0.3) is 5.91 Å². The number of benzene rings is 1. The van der Waals surface area contributed by atoms with Gasteiger partial charge in [0.1, 0.15) is 5.75 Å². The minimum Gasteiger partial charge on any atom is -0.484 e. The van der Waals surface area contributed by atoms with Gasteiger partial charge in [-0.05, 0) is 38.3 Å². The van der Waals surface area contributed by atoms with Crippen LogP contribution < -0.4 is 4.74 Å². The molecule has 1 aliphatic rings. The quantitative estimate of drug-likeness (QED) is 0.802. The number of likely N-dealkylation sites (tertiary alicyclic amines) is 1. The summed E-state index contributed by atoms with van der Waals surface area (Å²) in [4.78, 5) is 13.7. The van der Waals surface area contributed by atoms with Crippen molar-refractivity contribution >= 4 is 5.91 Å². The lowest BCUT2D eigenvalue weighted by Gasteiger charge is -2.26. The number of carbonyl (C=O) groups is 1. The van der Waals surface area contributed by atoms with Crippen LogP contribution in [0.4, 0.5) is 0 Å². The van der Waals surface area contributed by atoms with Gasteiger partial charge in [0.05, 0.1) is 0 Å². The van der Waals surface area contributed by atoms with Crippen molar-refractivity contribution in [1.29, 1.82) is 0 Å². The molecule has 0 atom stereocenters. The van der Waals surface area contributed by atoms with Crippen LogP contribution in [0, 0.1) is 6.92 Å². The second-order valence-corrected chi connectivity index (χ2v) is 4.54. The first-order valence-electron chi connectivity index (χ1n) is 6.23. The third-order valence-corrected chi connectivity index (χ3v) is 3.09. The fraction of sp³-hybridized carbons (Fsp3) is 0.500. The van der Waals surface area contributed by atoms with Gasteiger partial charge in [0.15, 0.2) is 6.61 Å². The lowest BCUT2D eigenvalue weighted by molar-refractivity contribution is -0.134. The molecule has 1 fully saturated rings. The van der Waals surface area contributed by atoms with Crippen LogP contribution >= 0.6 is 0 Å². The predicted octanol–water partition coefficient (Wildman–Crippen LogP) is 2.39. The minimum absolute atomic E-state index is 0.102. The fourth-order valence-corrected chi connectivity index (χ4v) is 2.01. The second kappa shape index (κ2) is 5.71. The molecule has 1 aromatic carbocycles. The van der Waals surface area contributed by atoms with Crippen LogP contribution in [0.1, 0.15) is 24.8 Å². The molecule has 3 heteroatoms. The molecule has 1 aliphatic heterocycles. The zero-order chi connectivity index (χ0) is 12.1. The number of amides is 1. The molecule has 0 saturated carbocycles. The standard InChI is InChI=1S/C14H19NO2/c1-12-5-7-13(8-6-12)17-11-14(16)15-9-3-2-4-10-15/h5-8H,2-4,9-11H2,1H3. The largest absolute Gasteiger partial charge is 0.484 e. The van der Waals surface area contributed by atoms with Crippen LogP contribution in [0.5, 0.6) is 5.75 Å². The minimum atomic E-state index is 0.102. The van der Waals surface area contributed by atoms with Crippen LogP contribution in [-0.4, -0.2) is 30.5 Å². The first-order chi connectivity index (χ1) is 8.25. The number of piperidine rings is 1. The van der Waals surface area contributed by atoms with Crippen molar-refractivity contribution < 1.29 is 9.53 Å². The summed E-state index contributed by atoms with van der Waals surface area (Å²) in [5.41, 5.74) is 1.19. The molecule has 0 N–H and O–H groups in total. The number of hydrogen-bond donors (Lipinski definition) is 0. The highest BCUT2D eigenvalue weighted by molar-refractivity contribution is 5.77. The Kier molecular flexibility index (Phi) is 4.02. The van der Waals surface area contributed by atoms with Gasteiger partial charge in [-0.2, -0.15) is 0 Å². The molecule has 17 heavy (non-hydrogen) atoms. The Morgan fingerprint density at radius 2 is 1.82 bits per heavy atom. The van der Waals surface area contributed by atoms with Gasteiger partial charge in [-0.15, -0.1) is 0 Å². The third kappa shape index (κ3) is 3.48. The van der Waals surface area contributed by atoms with Crippen molar-refractivity contribution in [3.63, 3.8) is 0 Å². The van der Waals surface area contributed by atoms with Crippen molar-refractivity contribution in [3.8, 4) is 5.75 Å². The zero-order valence-corrected chi connectivity index (χ0v) is 10.3. The monoisotopic (exact) mass is 233 g/mol. The van der Waals surface area contributed by atoms with Crippen LogP contribution in [0.2, 0.25) is 0 Å². The van der Waals surface area contributed by atoms with Gasteiger partial charge in [-0.1, -0.05) is 17.7 Å². The summed E-state index contributed by atoms with van der Waals surface area (Å²) in [6, 6.07) is 7.78. The maximum atomic E-state index is 11.8. The van der Waals surface area contributed by atoms with Gasteiger partial charge in [-0.25, -0.2) is 0 Å². The molecule has 2 rings (SSSR count). The molecular formula is C14H19NO2. The molecule has 0 aromatic heterocycles. The van der Waals surface area contributed by atoms with E-state index in [-0.39, 0.29) is 12.5 Å². The third-order valence-electron chi connectivity index (χ3n) is 3.09. The Hall–Kier alpha value is -1.51. The van der Waals surface area contributed by atoms with Crippen molar-refractivity contribution in [3.05, 3.63) is 29.8 Å². The fourth-order valence-electron chi connectivity index (χ4n) is 2.01. The molecule has 0 bridgehead atoms. The SMILES string of the molecule is Cc1ccc(OCC(=O)N2CCCCC2)cc1. The van der Waals surface area contributed by atoms with E-state index < -0.39 is 0 Å². The number of ether oxygens (including phenoxy) is 1. The Bertz CT molecular complexity index is 366. The molecule has 92 valence electrons. The zero-order valence-electron chi connectivity index (χ0n) is 10.3. The van der Waals surface area contributed by atoms with E-state index in [0.29, 0.717) is 0 Å². The van der Waals surface area contributed by atoms with Gasteiger partial charge in [0.2, 0.25) is 0 Å². The number of carbonyl (C=O) groups excluding carboxylic acids is 1. The van der Waals surface area contributed by atoms with Gasteiger partial charge in [-0.3, -0.25) is 4.79 Å². The normalized spacial score (nSPS) is 15.7. The molecule has 0 radical (unpaired) electrons. The highest BCUT2D eigenvalue weighted by Crippen LogP contribution is 2.13. The van der Waals surface area contributed by atoms with E-state index in [4.69, 9.17) is 4.74 Å². The molecular weight excluding hydrogens is 214 g/mol. The summed E-state index contributed by atoms with van der Waals surface area (Å²) < 4.78 is 5.48. The number of hydrogen-bond acceptors (Lipinski definition) is 2. The smallest absolute Gasteiger partial charge is 0.260 e. The summed E-state index contributed by atoms with van der Waals surface area (Å²) >= 11 is 0. The Morgan fingerprint density at radius 3 is 2.47 bits per heavy atom. The Labute approximate surface area is 102 Å². The van der Waals surface area contributed by atoms with E-state index in [0.717, 1.165) is 31.7 Å². The summed E-state index contributed by atoms with van der Waals surface area (Å²) in [6.07, 6.45) is 3.48. The Balaban J connectivity index is 1.81. The molecule has 0 aliphatic carbocycles. The average molecular weight is 233 g/mol. The van der Waals surface area contributed by atoms with E-state index in [1.54, 1.807) is 0 Å². The highest BCUT2D eigenvalue weighted by atomic mass is 16.5. The molecule has 1 saturated heterocycles. The van der Waals surface area contributed by atoms with E-state index in [2.05, 4.69) is 0 Å². The van der Waals surface area contributed by atoms with Crippen molar-refractivity contribution in [2.24, 2.45) is 0 Å². The maximum absolute atomic E-state index is 11.8. The summed E-state index contributed by atoms with van der Waals surface area (Å²) in [6.45, 7) is 3.96.